The Labute approximate surface area is 442 Å². The maximum absolute atomic E-state index is 9.68. The number of hydrogen-bond acceptors (Lipinski definition) is 4. The standard InChI is InChI=1S/C67H41N3O2/c1-5-22-42(23-6-1)68(43-24-7-2-8-25-43)56-40-52-62(60-48-31-14-19-38-58(48)71-65(56)60)63-53(67(52)50-34-16-18-37-55(50)70-54-36-17-13-30-46(54)47-33-21-35-51(67)64(47)70)41-57(66-61(63)49-32-15-20-39-59(49)72-66)69(44-26-9-3-10-27-44)45-28-11-4-12-29-45/h1-41H/i1D,2D,3D,4D,5D,6D,7D,8D,9D,10D,11D,12D,22D,23D,24D,25D,26D,27D,28D,29D. The molecule has 1 aliphatic carbocycles. The maximum Gasteiger partial charge on any atom is 0.160 e. The Morgan fingerprint density at radius 1 is 0.389 bits per heavy atom. The van der Waals surface area contributed by atoms with Crippen molar-refractivity contribution >= 4 is 99.8 Å². The number of fused-ring (bicyclic) bond motifs is 20. The molecule has 0 amide bonds. The summed E-state index contributed by atoms with van der Waals surface area (Å²) in [5, 5.41) is 3.26. The molecular weight excluding hydrogens is 879 g/mol. The fraction of sp³-hybridized carbons (Fsp3) is 0.0149. The molecule has 0 bridgehead atoms. The van der Waals surface area contributed by atoms with Crippen molar-refractivity contribution in [2.75, 3.05) is 9.80 Å². The summed E-state index contributed by atoms with van der Waals surface area (Å²) in [6.07, 6.45) is 0. The number of benzene rings is 11. The van der Waals surface area contributed by atoms with Crippen LogP contribution in [0.3, 0.4) is 0 Å². The van der Waals surface area contributed by atoms with Crippen LogP contribution >= 0.6 is 0 Å². The van der Waals surface area contributed by atoms with E-state index in [4.69, 9.17) is 25.3 Å². The largest absolute Gasteiger partial charge is 0.454 e. The van der Waals surface area contributed by atoms with Crippen molar-refractivity contribution in [1.29, 1.82) is 0 Å². The van der Waals surface area contributed by atoms with E-state index in [0.717, 1.165) is 26.1 Å². The van der Waals surface area contributed by atoms with E-state index >= 15 is 0 Å². The Kier molecular flexibility index (Phi) is 5.07. The summed E-state index contributed by atoms with van der Waals surface area (Å²) in [5.41, 5.74) is 1.16. The highest BCUT2D eigenvalue weighted by atomic mass is 16.3. The van der Waals surface area contributed by atoms with Gasteiger partial charge < -0.3 is 23.2 Å². The van der Waals surface area contributed by atoms with Crippen LogP contribution in [0.5, 0.6) is 0 Å². The first-order valence-electron chi connectivity index (χ1n) is 33.0. The Bertz CT molecular complexity index is 5250. The highest BCUT2D eigenvalue weighted by Crippen LogP contribution is 2.67. The van der Waals surface area contributed by atoms with Gasteiger partial charge in [0.15, 0.2) is 11.2 Å². The first-order valence-corrected chi connectivity index (χ1v) is 23.0. The van der Waals surface area contributed by atoms with Crippen molar-refractivity contribution < 1.29 is 36.2 Å². The molecule has 0 saturated heterocycles. The van der Waals surface area contributed by atoms with Gasteiger partial charge in [0.1, 0.15) is 11.2 Å². The third-order valence-corrected chi connectivity index (χ3v) is 14.3. The molecule has 16 rings (SSSR count). The number of hydrogen-bond donors (Lipinski definition) is 0. The van der Waals surface area contributed by atoms with E-state index < -0.39 is 149 Å². The van der Waals surface area contributed by atoms with Gasteiger partial charge in [-0.25, -0.2) is 0 Å². The summed E-state index contributed by atoms with van der Waals surface area (Å²) in [4.78, 5) is 2.17. The molecule has 4 heterocycles. The lowest BCUT2D eigenvalue weighted by atomic mass is 9.65. The van der Waals surface area contributed by atoms with E-state index in [1.165, 1.54) is 0 Å². The molecule has 0 radical (unpaired) electrons. The number of anilines is 6. The van der Waals surface area contributed by atoms with Crippen LogP contribution in [-0.4, -0.2) is 4.57 Å². The van der Waals surface area contributed by atoms with Gasteiger partial charge in [-0.05, 0) is 118 Å². The molecule has 2 aliphatic rings. The van der Waals surface area contributed by atoms with E-state index in [2.05, 4.69) is 4.57 Å². The minimum absolute atomic E-state index is 0.0343. The number of furan rings is 2. The molecule has 0 fully saturated rings. The van der Waals surface area contributed by atoms with Crippen molar-refractivity contribution in [2.45, 2.75) is 5.41 Å². The van der Waals surface area contributed by atoms with Gasteiger partial charge in [-0.2, -0.15) is 0 Å². The zero-order valence-electron chi connectivity index (χ0n) is 57.3. The van der Waals surface area contributed by atoms with Crippen LogP contribution in [0.1, 0.15) is 49.7 Å². The first kappa shape index (κ1) is 24.8. The summed E-state index contributed by atoms with van der Waals surface area (Å²) < 4.78 is 202. The Morgan fingerprint density at radius 3 is 1.32 bits per heavy atom. The normalized spacial score (nSPS) is 17.0. The maximum atomic E-state index is 9.68. The van der Waals surface area contributed by atoms with Crippen molar-refractivity contribution in [3.05, 3.63) is 270 Å². The molecule has 0 N–H and O–H groups in total. The fourth-order valence-electron chi connectivity index (χ4n) is 11.8. The van der Waals surface area contributed by atoms with E-state index in [-0.39, 0.29) is 33.7 Å². The zero-order valence-corrected chi connectivity index (χ0v) is 37.3. The molecular formula is C67H41N3O2. The van der Waals surface area contributed by atoms with Gasteiger partial charge >= 0.3 is 0 Å². The summed E-state index contributed by atoms with van der Waals surface area (Å²) in [7, 11) is 0. The average Bonchev–Trinajstić information content (AvgIpc) is 1.47. The molecule has 3 aromatic heterocycles. The van der Waals surface area contributed by atoms with Crippen LogP contribution in [0, 0.1) is 0 Å². The first-order chi connectivity index (χ1) is 44.1. The predicted molar refractivity (Wildman–Crippen MR) is 296 cm³/mol. The van der Waals surface area contributed by atoms with Gasteiger partial charge in [-0.3, -0.25) is 0 Å². The lowest BCUT2D eigenvalue weighted by Gasteiger charge is -2.40. The second-order valence-corrected chi connectivity index (χ2v) is 17.6. The van der Waals surface area contributed by atoms with Crippen LogP contribution in [0.25, 0.3) is 82.5 Å². The van der Waals surface area contributed by atoms with Crippen LogP contribution in [0.15, 0.2) is 257 Å². The van der Waals surface area contributed by atoms with Crippen molar-refractivity contribution in [2.24, 2.45) is 0 Å². The third-order valence-electron chi connectivity index (χ3n) is 14.3. The van der Waals surface area contributed by atoms with Gasteiger partial charge in [-0.15, -0.1) is 0 Å². The van der Waals surface area contributed by atoms with Gasteiger partial charge in [-0.1, -0.05) is 164 Å². The SMILES string of the molecule is [2H]c1c([2H])c([2H])c(N(c2c([2H])c([2H])c([2H])c([2H])c2[2H])c2cc3c(c4c2oc2ccccc24)-c2c(cc(N(c4c([2H])c([2H])c([2H])c([2H])c4[2H])c4c([2H])c([2H])c([2H])c([2H])c4[2H])c4oc5ccccc5c24)C32c3ccccc3-n3c4ccccc4c4cccc2c43)c([2H])c1[2H]. The summed E-state index contributed by atoms with van der Waals surface area (Å²) in [6.45, 7) is 0. The zero-order chi connectivity index (χ0) is 64.5. The van der Waals surface area contributed by atoms with Crippen molar-refractivity contribution in [3.8, 4) is 16.8 Å². The molecule has 1 spiro atoms. The highest BCUT2D eigenvalue weighted by molar-refractivity contribution is 6.27. The lowest BCUT2D eigenvalue weighted by molar-refractivity contribution is 0.668. The van der Waals surface area contributed by atoms with E-state index in [1.807, 2.05) is 66.7 Å². The van der Waals surface area contributed by atoms with E-state index in [1.54, 1.807) is 60.7 Å². The Balaban J connectivity index is 1.21. The Morgan fingerprint density at radius 2 is 0.806 bits per heavy atom. The van der Waals surface area contributed by atoms with E-state index in [9.17, 15) is 11.0 Å². The summed E-state index contributed by atoms with van der Waals surface area (Å²) in [5.74, 6) is 0. The van der Waals surface area contributed by atoms with Crippen LogP contribution in [0.2, 0.25) is 0 Å². The fourth-order valence-corrected chi connectivity index (χ4v) is 11.8. The lowest BCUT2D eigenvalue weighted by Crippen LogP contribution is -2.33. The molecule has 336 valence electrons. The van der Waals surface area contributed by atoms with Gasteiger partial charge in [0.25, 0.3) is 0 Å². The van der Waals surface area contributed by atoms with Gasteiger partial charge in [0.2, 0.25) is 0 Å². The second-order valence-electron chi connectivity index (χ2n) is 17.6. The Hall–Kier alpha value is -9.58. The van der Waals surface area contributed by atoms with Gasteiger partial charge in [0.05, 0.1) is 60.9 Å². The summed E-state index contributed by atoms with van der Waals surface area (Å²) >= 11 is 0. The number of aromatic nitrogens is 1. The number of para-hydroxylation sites is 9. The predicted octanol–water partition coefficient (Wildman–Crippen LogP) is 18.2. The minimum Gasteiger partial charge on any atom is -0.454 e. The second kappa shape index (κ2) is 14.7. The topological polar surface area (TPSA) is 37.7 Å². The molecule has 0 unspecified atom stereocenters. The number of nitrogens with zero attached hydrogens (tertiary/aromatic N) is 3. The minimum atomic E-state index is -1.75. The van der Waals surface area contributed by atoms with Crippen molar-refractivity contribution in [3.63, 3.8) is 0 Å². The molecule has 5 nitrogen and oxygen atoms in total. The molecule has 5 heteroatoms. The monoisotopic (exact) mass is 939 g/mol. The smallest absolute Gasteiger partial charge is 0.160 e. The molecule has 1 aliphatic heterocycles. The summed E-state index contributed by atoms with van der Waals surface area (Å²) in [6, 6.07) is 23.0. The molecule has 14 aromatic rings. The molecule has 11 aromatic carbocycles. The van der Waals surface area contributed by atoms with E-state index in [0.29, 0.717) is 66.1 Å². The molecule has 72 heavy (non-hydrogen) atoms. The molecule has 0 saturated carbocycles. The highest BCUT2D eigenvalue weighted by Gasteiger charge is 2.54. The van der Waals surface area contributed by atoms with Crippen LogP contribution in [0.4, 0.5) is 34.1 Å². The van der Waals surface area contributed by atoms with Crippen LogP contribution in [-0.2, 0) is 5.41 Å². The van der Waals surface area contributed by atoms with Gasteiger partial charge in [0, 0.05) is 55.1 Å². The average molecular weight is 940 g/mol. The van der Waals surface area contributed by atoms with Crippen molar-refractivity contribution in [1.82, 2.24) is 4.57 Å². The third kappa shape index (κ3) is 5.11. The quantitative estimate of drug-likeness (QED) is 0.166. The number of rotatable bonds is 6. The molecule has 0 atom stereocenters. The van der Waals surface area contributed by atoms with Crippen LogP contribution < -0.4 is 9.80 Å².